The minimum absolute atomic E-state index is 0.0148. The highest BCUT2D eigenvalue weighted by Crippen LogP contribution is 2.86. The normalized spacial score (nSPS) is 61.6. The number of ketones is 1. The maximum absolute atomic E-state index is 13.0. The van der Waals surface area contributed by atoms with Crippen LogP contribution in [0.4, 0.5) is 0 Å². The zero-order valence-electron chi connectivity index (χ0n) is 17.2. The van der Waals surface area contributed by atoms with E-state index in [4.69, 9.17) is 4.74 Å². The van der Waals surface area contributed by atoms with Gasteiger partial charge < -0.3 is 4.74 Å². The quantitative estimate of drug-likeness (QED) is 0.544. The minimum Gasteiger partial charge on any atom is -0.461 e. The number of fused-ring (bicyclic) bond motifs is 1. The van der Waals surface area contributed by atoms with E-state index in [2.05, 4.69) is 18.4 Å². The van der Waals surface area contributed by atoms with Crippen LogP contribution in [0.25, 0.3) is 0 Å². The summed E-state index contributed by atoms with van der Waals surface area (Å²) in [6.45, 7) is 11.6. The number of nitrogens with zero attached hydrogens (tertiary/aromatic N) is 1. The van der Waals surface area contributed by atoms with Crippen molar-refractivity contribution in [3.05, 3.63) is 12.2 Å². The first-order valence-corrected chi connectivity index (χ1v) is 11.4. The van der Waals surface area contributed by atoms with E-state index in [1.807, 2.05) is 13.8 Å². The van der Waals surface area contributed by atoms with Crippen molar-refractivity contribution in [3.63, 3.8) is 0 Å². The summed E-state index contributed by atoms with van der Waals surface area (Å²) in [5.74, 6) is 2.44. The van der Waals surface area contributed by atoms with E-state index in [9.17, 15) is 9.59 Å². The lowest BCUT2D eigenvalue weighted by atomic mass is 9.40. The third kappa shape index (κ3) is 1.36. The summed E-state index contributed by atoms with van der Waals surface area (Å²) in [6, 6.07) is 1.11. The fourth-order valence-corrected chi connectivity index (χ4v) is 10.6. The van der Waals surface area contributed by atoms with E-state index in [1.165, 1.54) is 12.0 Å². The van der Waals surface area contributed by atoms with E-state index >= 15 is 0 Å². The Morgan fingerprint density at radius 3 is 2.89 bits per heavy atom. The van der Waals surface area contributed by atoms with Gasteiger partial charge in [-0.05, 0) is 48.3 Å². The lowest BCUT2D eigenvalue weighted by molar-refractivity contribution is -0.188. The lowest BCUT2D eigenvalue weighted by Gasteiger charge is -2.64. The largest absolute Gasteiger partial charge is 0.461 e. The van der Waals surface area contributed by atoms with Crippen molar-refractivity contribution >= 4 is 11.8 Å². The van der Waals surface area contributed by atoms with Crippen LogP contribution in [0.15, 0.2) is 12.2 Å². The summed E-state index contributed by atoms with van der Waals surface area (Å²) in [4.78, 5) is 28.4. The Balaban J connectivity index is 1.40. The Labute approximate surface area is 167 Å². The number of hydrogen-bond acceptors (Lipinski definition) is 4. The lowest BCUT2D eigenvalue weighted by Crippen LogP contribution is -2.63. The van der Waals surface area contributed by atoms with Crippen LogP contribution < -0.4 is 0 Å². The molecule has 0 radical (unpaired) electrons. The van der Waals surface area contributed by atoms with Crippen LogP contribution in [-0.2, 0) is 14.3 Å². The molecule has 6 aliphatic carbocycles. The molecule has 0 aromatic carbocycles. The van der Waals surface area contributed by atoms with Gasteiger partial charge in [-0.3, -0.25) is 14.5 Å². The Morgan fingerprint density at radius 1 is 1.36 bits per heavy atom. The molecule has 9 rings (SSSR count). The number of ether oxygens (including phenoxy) is 1. The zero-order valence-corrected chi connectivity index (χ0v) is 17.2. The summed E-state index contributed by atoms with van der Waals surface area (Å²) in [7, 11) is 0. The molecule has 0 amide bonds. The third-order valence-electron chi connectivity index (χ3n) is 10.9. The fourth-order valence-electron chi connectivity index (χ4n) is 10.6. The highest BCUT2D eigenvalue weighted by molar-refractivity contribution is 5.87. The first-order chi connectivity index (χ1) is 13.3. The van der Waals surface area contributed by atoms with Gasteiger partial charge in [0.05, 0.1) is 5.92 Å². The van der Waals surface area contributed by atoms with E-state index in [0.29, 0.717) is 47.0 Å². The summed E-state index contributed by atoms with van der Waals surface area (Å²) < 4.78 is 6.28. The van der Waals surface area contributed by atoms with Crippen molar-refractivity contribution in [2.75, 3.05) is 6.54 Å². The molecule has 6 saturated carbocycles. The number of carbonyl (C=O) groups is 2. The molecule has 150 valence electrons. The number of Topliss-reactive ketones (excluding diaryl/α,β-unsaturated/α-hetero) is 1. The minimum atomic E-state index is -0.126. The van der Waals surface area contributed by atoms with E-state index < -0.39 is 0 Å². The number of carbonyl (C=O) groups excluding carboxylic acids is 2. The number of rotatable bonds is 2. The molecular weight excluding hydrogens is 350 g/mol. The van der Waals surface area contributed by atoms with Gasteiger partial charge in [-0.1, -0.05) is 32.9 Å². The highest BCUT2D eigenvalue weighted by Gasteiger charge is 2.89. The van der Waals surface area contributed by atoms with E-state index in [-0.39, 0.29) is 28.8 Å². The van der Waals surface area contributed by atoms with Crippen molar-refractivity contribution in [2.45, 2.75) is 71.1 Å². The van der Waals surface area contributed by atoms with E-state index in [1.54, 1.807) is 0 Å². The second-order valence-electron chi connectivity index (χ2n) is 11.9. The van der Waals surface area contributed by atoms with Crippen LogP contribution >= 0.6 is 0 Å². The van der Waals surface area contributed by atoms with Gasteiger partial charge in [0.25, 0.3) is 0 Å². The van der Waals surface area contributed by atoms with Crippen molar-refractivity contribution in [2.24, 2.45) is 45.8 Å². The SMILES string of the molecule is C=C1C[C@]23C[C@H]4[C@H]5[C@]67CCC(=O)[C@@]5(C)CN4[C@@H]6[C@H]2C(OC(=O)C(C)C)[C@H]1C[C@H]37. The van der Waals surface area contributed by atoms with Gasteiger partial charge in [0.2, 0.25) is 0 Å². The third-order valence-corrected chi connectivity index (χ3v) is 10.9. The van der Waals surface area contributed by atoms with Crippen LogP contribution in [-0.4, -0.2) is 41.4 Å². The summed E-state index contributed by atoms with van der Waals surface area (Å²) in [5.41, 5.74) is 1.79. The van der Waals surface area contributed by atoms with Crippen LogP contribution in [0, 0.1) is 45.8 Å². The molecule has 9 fully saturated rings. The Kier molecular flexibility index (Phi) is 2.64. The summed E-state index contributed by atoms with van der Waals surface area (Å²) >= 11 is 0. The molecule has 2 unspecified atom stereocenters. The Bertz CT molecular complexity index is 864. The Morgan fingerprint density at radius 2 is 2.14 bits per heavy atom. The molecule has 0 N–H and O–H groups in total. The van der Waals surface area contributed by atoms with Crippen molar-refractivity contribution < 1.29 is 14.3 Å². The van der Waals surface area contributed by atoms with Gasteiger partial charge >= 0.3 is 5.97 Å². The molecule has 3 saturated heterocycles. The van der Waals surface area contributed by atoms with Crippen LogP contribution in [0.1, 0.15) is 52.9 Å². The topological polar surface area (TPSA) is 46.6 Å². The van der Waals surface area contributed by atoms with Gasteiger partial charge in [0.15, 0.2) is 0 Å². The van der Waals surface area contributed by atoms with Crippen molar-refractivity contribution in [3.8, 4) is 0 Å². The number of hydrogen-bond donors (Lipinski definition) is 0. The summed E-state index contributed by atoms with van der Waals surface area (Å²) in [5, 5.41) is 0. The molecule has 3 aliphatic heterocycles. The fraction of sp³-hybridized carbons (Fsp3) is 0.833. The van der Waals surface area contributed by atoms with Crippen molar-refractivity contribution in [1.82, 2.24) is 4.90 Å². The molecule has 0 aromatic rings. The van der Waals surface area contributed by atoms with Crippen LogP contribution in [0.5, 0.6) is 0 Å². The molecule has 9 bridgehead atoms. The summed E-state index contributed by atoms with van der Waals surface area (Å²) in [6.07, 6.45) is 5.35. The standard InChI is InChI=1S/C24H31NO3/c1-11(2)21(27)28-18-13-7-15-23(8-12(13)3)9-14-19-22(4)10-25(14)20(17(18)23)24(15,19)6-5-16(22)26/h11,13-15,17-20H,3,5-10H2,1-2,4H3/t13-,14-,15+,17+,18?,19+,20+,22+,23+,24+/m0/s1. The monoisotopic (exact) mass is 381 g/mol. The molecule has 4 nitrogen and oxygen atoms in total. The van der Waals surface area contributed by atoms with Gasteiger partial charge in [-0.2, -0.15) is 0 Å². The molecule has 4 heteroatoms. The molecule has 0 aromatic heterocycles. The van der Waals surface area contributed by atoms with Gasteiger partial charge in [0.1, 0.15) is 11.9 Å². The van der Waals surface area contributed by atoms with Crippen molar-refractivity contribution in [1.29, 1.82) is 0 Å². The zero-order chi connectivity index (χ0) is 19.4. The predicted molar refractivity (Wildman–Crippen MR) is 103 cm³/mol. The van der Waals surface area contributed by atoms with E-state index in [0.717, 1.165) is 32.2 Å². The second-order valence-corrected chi connectivity index (χ2v) is 11.9. The average Bonchev–Trinajstić information content (AvgIpc) is 3.07. The molecule has 2 spiro atoms. The highest BCUT2D eigenvalue weighted by atomic mass is 16.5. The van der Waals surface area contributed by atoms with Crippen LogP contribution in [0.3, 0.4) is 0 Å². The molecule has 3 heterocycles. The van der Waals surface area contributed by atoms with Gasteiger partial charge in [-0.25, -0.2) is 0 Å². The maximum Gasteiger partial charge on any atom is 0.308 e. The van der Waals surface area contributed by atoms with Gasteiger partial charge in [0, 0.05) is 42.3 Å². The maximum atomic E-state index is 13.0. The smallest absolute Gasteiger partial charge is 0.308 e. The first kappa shape index (κ1) is 16.6. The predicted octanol–water partition coefficient (Wildman–Crippen LogP) is 3.21. The van der Waals surface area contributed by atoms with Gasteiger partial charge in [-0.15, -0.1) is 0 Å². The first-order valence-electron chi connectivity index (χ1n) is 11.4. The molecule has 9 aliphatic rings. The molecule has 28 heavy (non-hydrogen) atoms. The van der Waals surface area contributed by atoms with Crippen LogP contribution in [0.2, 0.25) is 0 Å². The number of esters is 1. The Hall–Kier alpha value is -1.16. The second kappa shape index (κ2) is 4.45. The molecular formula is C24H31NO3. The average molecular weight is 382 g/mol. The number of piperidine rings is 2. The molecule has 11 atom stereocenters.